The fraction of sp³-hybridized carbons (Fsp3) is 0.167. The Balaban J connectivity index is 2.25. The van der Waals surface area contributed by atoms with E-state index in [9.17, 15) is 15.0 Å². The van der Waals surface area contributed by atoms with E-state index in [0.717, 1.165) is 12.0 Å². The van der Waals surface area contributed by atoms with Crippen LogP contribution in [0.15, 0.2) is 24.4 Å². The molecule has 0 saturated heterocycles. The van der Waals surface area contributed by atoms with Crippen LogP contribution in [0.3, 0.4) is 0 Å². The van der Waals surface area contributed by atoms with Crippen molar-refractivity contribution in [1.29, 1.82) is 0 Å². The number of carbonyl (C=O) groups is 1. The van der Waals surface area contributed by atoms with E-state index in [2.05, 4.69) is 15.5 Å². The maximum atomic E-state index is 11.9. The van der Waals surface area contributed by atoms with E-state index < -0.39 is 5.91 Å². The molecule has 0 fully saturated rings. The molecule has 0 radical (unpaired) electrons. The number of aromatic nitrogens is 2. The number of nitrogens with one attached hydrogen (secondary N) is 2. The average molecular weight is 247 g/mol. The number of H-pyrrole nitrogens is 1. The number of nitrogens with zero attached hydrogens (tertiary/aromatic N) is 1. The number of rotatable bonds is 3. The number of phenolic OH excluding ortho intramolecular Hbond substituents is 2. The van der Waals surface area contributed by atoms with Gasteiger partial charge in [-0.25, -0.2) is 0 Å². The van der Waals surface area contributed by atoms with Gasteiger partial charge < -0.3 is 15.5 Å². The molecule has 2 rings (SSSR count). The van der Waals surface area contributed by atoms with E-state index >= 15 is 0 Å². The van der Waals surface area contributed by atoms with Crippen LogP contribution in [0.25, 0.3) is 0 Å². The monoisotopic (exact) mass is 247 g/mol. The van der Waals surface area contributed by atoms with Crippen LogP contribution < -0.4 is 5.32 Å². The molecule has 1 amide bonds. The standard InChI is InChI=1S/C12H13N3O3/c1-2-7-6-13-15-11(7)14-12(18)9-5-8(16)3-4-10(9)17/h3-6,16-17H,2H2,1H3,(H2,13,14,15,18). The van der Waals surface area contributed by atoms with Gasteiger partial charge in [0, 0.05) is 5.56 Å². The maximum absolute atomic E-state index is 11.9. The van der Waals surface area contributed by atoms with E-state index in [0.29, 0.717) is 5.82 Å². The molecule has 94 valence electrons. The third kappa shape index (κ3) is 2.27. The van der Waals surface area contributed by atoms with Gasteiger partial charge in [-0.2, -0.15) is 5.10 Å². The van der Waals surface area contributed by atoms with E-state index in [4.69, 9.17) is 0 Å². The predicted molar refractivity (Wildman–Crippen MR) is 65.7 cm³/mol. The lowest BCUT2D eigenvalue weighted by atomic mass is 10.1. The SMILES string of the molecule is CCc1cn[nH]c1NC(=O)c1cc(O)ccc1O. The highest BCUT2D eigenvalue weighted by Gasteiger charge is 2.14. The highest BCUT2D eigenvalue weighted by molar-refractivity contribution is 6.06. The summed E-state index contributed by atoms with van der Waals surface area (Å²) in [5, 5.41) is 28.0. The molecular weight excluding hydrogens is 234 g/mol. The first-order valence-corrected chi connectivity index (χ1v) is 5.47. The first-order chi connectivity index (χ1) is 8.61. The third-order valence-corrected chi connectivity index (χ3v) is 2.56. The largest absolute Gasteiger partial charge is 0.508 e. The van der Waals surface area contributed by atoms with Crippen LogP contribution in [-0.4, -0.2) is 26.3 Å². The van der Waals surface area contributed by atoms with Crippen molar-refractivity contribution in [1.82, 2.24) is 10.2 Å². The highest BCUT2D eigenvalue weighted by Crippen LogP contribution is 2.23. The molecular formula is C12H13N3O3. The Labute approximate surface area is 103 Å². The molecule has 0 saturated carbocycles. The van der Waals surface area contributed by atoms with Crippen molar-refractivity contribution < 1.29 is 15.0 Å². The van der Waals surface area contributed by atoms with Gasteiger partial charge in [-0.3, -0.25) is 9.89 Å². The van der Waals surface area contributed by atoms with Crippen molar-refractivity contribution in [3.8, 4) is 11.5 Å². The van der Waals surface area contributed by atoms with Crippen LogP contribution in [0.4, 0.5) is 5.82 Å². The zero-order valence-electron chi connectivity index (χ0n) is 9.77. The Bertz CT molecular complexity index is 578. The van der Waals surface area contributed by atoms with Crippen LogP contribution >= 0.6 is 0 Å². The molecule has 4 N–H and O–H groups in total. The summed E-state index contributed by atoms with van der Waals surface area (Å²) in [5.41, 5.74) is 0.870. The Morgan fingerprint density at radius 1 is 1.44 bits per heavy atom. The highest BCUT2D eigenvalue weighted by atomic mass is 16.3. The molecule has 0 spiro atoms. The number of benzene rings is 1. The van der Waals surface area contributed by atoms with Crippen LogP contribution in [-0.2, 0) is 6.42 Å². The Hall–Kier alpha value is -2.50. The lowest BCUT2D eigenvalue weighted by molar-refractivity contribution is 0.102. The zero-order chi connectivity index (χ0) is 13.1. The summed E-state index contributed by atoms with van der Waals surface area (Å²) in [7, 11) is 0. The number of hydrogen-bond donors (Lipinski definition) is 4. The van der Waals surface area contributed by atoms with Gasteiger partial charge >= 0.3 is 0 Å². The first kappa shape index (κ1) is 12.0. The molecule has 0 unspecified atom stereocenters. The van der Waals surface area contributed by atoms with Crippen molar-refractivity contribution in [2.75, 3.05) is 5.32 Å². The summed E-state index contributed by atoms with van der Waals surface area (Å²) >= 11 is 0. The number of anilines is 1. The molecule has 1 aromatic heterocycles. The molecule has 1 aromatic carbocycles. The number of phenols is 2. The van der Waals surface area contributed by atoms with Crippen molar-refractivity contribution in [2.24, 2.45) is 0 Å². The topological polar surface area (TPSA) is 98.2 Å². The average Bonchev–Trinajstić information content (AvgIpc) is 2.79. The molecule has 1 heterocycles. The molecule has 6 heteroatoms. The van der Waals surface area contributed by atoms with E-state index in [-0.39, 0.29) is 17.1 Å². The van der Waals surface area contributed by atoms with Gasteiger partial charge in [0.05, 0.1) is 11.8 Å². The molecule has 0 aliphatic rings. The third-order valence-electron chi connectivity index (χ3n) is 2.56. The summed E-state index contributed by atoms with van der Waals surface area (Å²) in [6.45, 7) is 1.94. The summed E-state index contributed by atoms with van der Waals surface area (Å²) in [4.78, 5) is 11.9. The van der Waals surface area contributed by atoms with E-state index in [1.165, 1.54) is 18.2 Å². The van der Waals surface area contributed by atoms with Gasteiger partial charge in [0.15, 0.2) is 0 Å². The smallest absolute Gasteiger partial charge is 0.260 e. The number of hydrogen-bond acceptors (Lipinski definition) is 4. The lowest BCUT2D eigenvalue weighted by Gasteiger charge is -2.06. The lowest BCUT2D eigenvalue weighted by Crippen LogP contribution is -2.13. The van der Waals surface area contributed by atoms with Gasteiger partial charge in [0.1, 0.15) is 17.3 Å². The number of amides is 1. The van der Waals surface area contributed by atoms with Gasteiger partial charge in [0.2, 0.25) is 0 Å². The minimum absolute atomic E-state index is 0.00616. The number of aryl methyl sites for hydroxylation is 1. The predicted octanol–water partition coefficient (Wildman–Crippen LogP) is 1.64. The molecule has 18 heavy (non-hydrogen) atoms. The van der Waals surface area contributed by atoms with Crippen LogP contribution in [0.5, 0.6) is 11.5 Å². The maximum Gasteiger partial charge on any atom is 0.260 e. The normalized spacial score (nSPS) is 10.3. The van der Waals surface area contributed by atoms with Gasteiger partial charge in [-0.1, -0.05) is 6.92 Å². The first-order valence-electron chi connectivity index (χ1n) is 5.47. The summed E-state index contributed by atoms with van der Waals surface area (Å²) in [6.07, 6.45) is 2.34. The molecule has 0 atom stereocenters. The van der Waals surface area contributed by atoms with E-state index in [1.807, 2.05) is 6.92 Å². The molecule has 0 aliphatic heterocycles. The second-order valence-electron chi connectivity index (χ2n) is 3.78. The van der Waals surface area contributed by atoms with Gasteiger partial charge in [-0.15, -0.1) is 0 Å². The zero-order valence-corrected chi connectivity index (χ0v) is 9.77. The molecule has 2 aromatic rings. The van der Waals surface area contributed by atoms with E-state index in [1.54, 1.807) is 6.20 Å². The van der Waals surface area contributed by atoms with Gasteiger partial charge in [0.25, 0.3) is 5.91 Å². The molecule has 0 bridgehead atoms. The van der Waals surface area contributed by atoms with Crippen LogP contribution in [0, 0.1) is 0 Å². The second-order valence-corrected chi connectivity index (χ2v) is 3.78. The quantitative estimate of drug-likeness (QED) is 0.619. The fourth-order valence-corrected chi connectivity index (χ4v) is 1.57. The number of carbonyl (C=O) groups excluding carboxylic acids is 1. The fourth-order valence-electron chi connectivity index (χ4n) is 1.57. The second kappa shape index (κ2) is 4.79. The minimum Gasteiger partial charge on any atom is -0.508 e. The summed E-state index contributed by atoms with van der Waals surface area (Å²) in [6, 6.07) is 3.77. The van der Waals surface area contributed by atoms with Crippen molar-refractivity contribution >= 4 is 11.7 Å². The Morgan fingerprint density at radius 2 is 2.22 bits per heavy atom. The number of aromatic hydroxyl groups is 2. The molecule has 0 aliphatic carbocycles. The van der Waals surface area contributed by atoms with Gasteiger partial charge in [-0.05, 0) is 24.6 Å². The van der Waals surface area contributed by atoms with Crippen LogP contribution in [0.1, 0.15) is 22.8 Å². The minimum atomic E-state index is -0.512. The Morgan fingerprint density at radius 3 is 2.94 bits per heavy atom. The number of aromatic amines is 1. The van der Waals surface area contributed by atoms with Crippen LogP contribution in [0.2, 0.25) is 0 Å². The summed E-state index contributed by atoms with van der Waals surface area (Å²) < 4.78 is 0. The van der Waals surface area contributed by atoms with Crippen molar-refractivity contribution in [3.05, 3.63) is 35.5 Å². The Kier molecular flexibility index (Phi) is 3.18. The summed E-state index contributed by atoms with van der Waals surface area (Å²) in [5.74, 6) is -0.297. The van der Waals surface area contributed by atoms with Crippen molar-refractivity contribution in [2.45, 2.75) is 13.3 Å². The van der Waals surface area contributed by atoms with Crippen molar-refractivity contribution in [3.63, 3.8) is 0 Å². The molecule has 6 nitrogen and oxygen atoms in total.